The van der Waals surface area contributed by atoms with Gasteiger partial charge in [-0.2, -0.15) is 18.3 Å². The quantitative estimate of drug-likeness (QED) is 0.687. The molecule has 0 atom stereocenters. The molecule has 1 heterocycles. The fourth-order valence-electron chi connectivity index (χ4n) is 3.04. The van der Waals surface area contributed by atoms with Crippen molar-refractivity contribution in [3.63, 3.8) is 0 Å². The van der Waals surface area contributed by atoms with Gasteiger partial charge in [0.15, 0.2) is 0 Å². The average Bonchev–Trinajstić information content (AvgIpc) is 2.65. The lowest BCUT2D eigenvalue weighted by molar-refractivity contribution is -0.139. The number of likely N-dealkylation sites (N-methyl/N-ethyl adjacent to an activating group) is 1. The van der Waals surface area contributed by atoms with Crippen molar-refractivity contribution < 1.29 is 18.0 Å². The largest absolute Gasteiger partial charge is 0.416 e. The molecule has 0 saturated carbocycles. The molecule has 0 aliphatic carbocycles. The van der Waals surface area contributed by atoms with Crippen molar-refractivity contribution in [1.82, 2.24) is 14.7 Å². The maximum atomic E-state index is 13.1. The molecule has 2 aromatic carbocycles. The number of amides is 1. The Morgan fingerprint density at radius 3 is 2.36 bits per heavy atom. The first-order valence-corrected chi connectivity index (χ1v) is 8.54. The predicted molar refractivity (Wildman–Crippen MR) is 98.7 cm³/mol. The van der Waals surface area contributed by atoms with E-state index >= 15 is 0 Å². The van der Waals surface area contributed by atoms with E-state index in [2.05, 4.69) is 5.10 Å². The Bertz CT molecular complexity index is 1090. The molecule has 0 fully saturated rings. The van der Waals surface area contributed by atoms with Gasteiger partial charge >= 0.3 is 6.18 Å². The topological polar surface area (TPSA) is 55.2 Å². The number of aromatic nitrogens is 2. The highest BCUT2D eigenvalue weighted by Gasteiger charge is 2.33. The zero-order valence-corrected chi connectivity index (χ0v) is 15.3. The van der Waals surface area contributed by atoms with E-state index in [4.69, 9.17) is 0 Å². The highest BCUT2D eigenvalue weighted by molar-refractivity contribution is 5.83. The average molecular weight is 389 g/mol. The molecule has 0 radical (unpaired) electrons. The number of rotatable bonds is 4. The van der Waals surface area contributed by atoms with Gasteiger partial charge in [-0.1, -0.05) is 36.4 Å². The third-order valence-electron chi connectivity index (χ3n) is 4.49. The Balaban J connectivity index is 1.84. The second-order valence-corrected chi connectivity index (χ2v) is 6.50. The molecule has 28 heavy (non-hydrogen) atoms. The van der Waals surface area contributed by atoms with Crippen LogP contribution in [0.3, 0.4) is 0 Å². The molecule has 3 rings (SSSR count). The van der Waals surface area contributed by atoms with Crippen molar-refractivity contribution in [3.05, 3.63) is 75.7 Å². The van der Waals surface area contributed by atoms with Crippen molar-refractivity contribution in [1.29, 1.82) is 0 Å². The summed E-state index contributed by atoms with van der Waals surface area (Å²) in [5.74, 6) is -0.513. The summed E-state index contributed by atoms with van der Waals surface area (Å²) in [6.45, 7) is 1.15. The molecule has 8 heteroatoms. The molecule has 0 spiro atoms. The van der Waals surface area contributed by atoms with Crippen molar-refractivity contribution in [2.45, 2.75) is 26.2 Å². The predicted octanol–water partition coefficient (Wildman–Crippen LogP) is 3.38. The molecule has 0 aliphatic heterocycles. The standard InChI is InChI=1S/C20H18F3N3O2/c1-13-15-8-4-5-9-16(15)19(28)26(24-13)12-18(27)25(2)11-14-7-3-6-10-17(14)20(21,22)23/h3-10H,11-12H2,1-2H3. The van der Waals surface area contributed by atoms with E-state index < -0.39 is 23.2 Å². The highest BCUT2D eigenvalue weighted by Crippen LogP contribution is 2.32. The van der Waals surface area contributed by atoms with Gasteiger partial charge in [0.25, 0.3) is 5.56 Å². The zero-order chi connectivity index (χ0) is 20.5. The SMILES string of the molecule is Cc1nn(CC(=O)N(C)Cc2ccccc2C(F)(F)F)c(=O)c2ccccc12. The van der Waals surface area contributed by atoms with Crippen LogP contribution in [-0.4, -0.2) is 27.6 Å². The first-order chi connectivity index (χ1) is 13.2. The van der Waals surface area contributed by atoms with Crippen LogP contribution in [0.2, 0.25) is 0 Å². The Hall–Kier alpha value is -3.16. The second-order valence-electron chi connectivity index (χ2n) is 6.50. The first-order valence-electron chi connectivity index (χ1n) is 8.54. The van der Waals surface area contributed by atoms with Gasteiger partial charge in [0.1, 0.15) is 6.54 Å². The third kappa shape index (κ3) is 3.90. The number of halogens is 3. The molecule has 5 nitrogen and oxygen atoms in total. The first kappa shape index (κ1) is 19.6. The molecule has 0 bridgehead atoms. The van der Waals surface area contributed by atoms with E-state index in [0.717, 1.165) is 15.6 Å². The monoisotopic (exact) mass is 389 g/mol. The van der Waals surface area contributed by atoms with Gasteiger partial charge in [0.05, 0.1) is 16.6 Å². The van der Waals surface area contributed by atoms with Crippen molar-refractivity contribution in [2.75, 3.05) is 7.05 Å². The Kier molecular flexibility index (Phi) is 5.22. The van der Waals surface area contributed by atoms with Gasteiger partial charge in [-0.05, 0) is 24.6 Å². The molecule has 0 unspecified atom stereocenters. The third-order valence-corrected chi connectivity index (χ3v) is 4.49. The van der Waals surface area contributed by atoms with E-state index in [1.54, 1.807) is 31.2 Å². The lowest BCUT2D eigenvalue weighted by Gasteiger charge is -2.20. The van der Waals surface area contributed by atoms with Crippen LogP contribution in [-0.2, 0) is 24.1 Å². The molecule has 0 N–H and O–H groups in total. The molecule has 1 aromatic heterocycles. The smallest absolute Gasteiger partial charge is 0.340 e. The minimum atomic E-state index is -4.51. The molecule has 0 saturated heterocycles. The van der Waals surface area contributed by atoms with Crippen molar-refractivity contribution >= 4 is 16.7 Å². The summed E-state index contributed by atoms with van der Waals surface area (Å²) in [5.41, 5.74) is -0.626. The van der Waals surface area contributed by atoms with Crippen LogP contribution in [0.1, 0.15) is 16.8 Å². The van der Waals surface area contributed by atoms with Crippen LogP contribution in [0.5, 0.6) is 0 Å². The lowest BCUT2D eigenvalue weighted by atomic mass is 10.1. The van der Waals surface area contributed by atoms with Gasteiger partial charge in [0.2, 0.25) is 5.91 Å². The van der Waals surface area contributed by atoms with Crippen LogP contribution < -0.4 is 5.56 Å². The van der Waals surface area contributed by atoms with Gasteiger partial charge < -0.3 is 4.90 Å². The van der Waals surface area contributed by atoms with Gasteiger partial charge in [0, 0.05) is 19.0 Å². The van der Waals surface area contributed by atoms with Gasteiger partial charge in [-0.3, -0.25) is 9.59 Å². The number of carbonyl (C=O) groups excluding carboxylic acids is 1. The molecular weight excluding hydrogens is 371 g/mol. The fourth-order valence-corrected chi connectivity index (χ4v) is 3.04. The number of hydrogen-bond donors (Lipinski definition) is 0. The number of alkyl halides is 3. The van der Waals surface area contributed by atoms with E-state index in [0.29, 0.717) is 16.5 Å². The summed E-state index contributed by atoms with van der Waals surface area (Å²) in [6.07, 6.45) is -4.51. The fraction of sp³-hybridized carbons (Fsp3) is 0.250. The van der Waals surface area contributed by atoms with E-state index in [-0.39, 0.29) is 18.7 Å². The van der Waals surface area contributed by atoms with Gasteiger partial charge in [-0.15, -0.1) is 0 Å². The van der Waals surface area contributed by atoms with Gasteiger partial charge in [-0.25, -0.2) is 4.68 Å². The lowest BCUT2D eigenvalue weighted by Crippen LogP contribution is -2.35. The zero-order valence-electron chi connectivity index (χ0n) is 15.3. The summed E-state index contributed by atoms with van der Waals surface area (Å²) in [4.78, 5) is 26.2. The van der Waals surface area contributed by atoms with Crippen LogP contribution in [0.15, 0.2) is 53.3 Å². The number of carbonyl (C=O) groups is 1. The number of benzene rings is 2. The Morgan fingerprint density at radius 1 is 1.07 bits per heavy atom. The Morgan fingerprint density at radius 2 is 1.68 bits per heavy atom. The summed E-state index contributed by atoms with van der Waals surface area (Å²) < 4.78 is 40.4. The molecule has 3 aromatic rings. The summed E-state index contributed by atoms with van der Waals surface area (Å²) in [6, 6.07) is 12.0. The molecule has 146 valence electrons. The summed E-state index contributed by atoms with van der Waals surface area (Å²) in [5, 5.41) is 5.30. The van der Waals surface area contributed by atoms with Crippen LogP contribution in [0, 0.1) is 6.92 Å². The number of aryl methyl sites for hydroxylation is 1. The van der Waals surface area contributed by atoms with E-state index in [9.17, 15) is 22.8 Å². The van der Waals surface area contributed by atoms with Crippen LogP contribution >= 0.6 is 0 Å². The molecule has 0 aliphatic rings. The second kappa shape index (κ2) is 7.46. The summed E-state index contributed by atoms with van der Waals surface area (Å²) >= 11 is 0. The van der Waals surface area contributed by atoms with Crippen molar-refractivity contribution in [3.8, 4) is 0 Å². The van der Waals surface area contributed by atoms with Crippen LogP contribution in [0.4, 0.5) is 13.2 Å². The molecular formula is C20H18F3N3O2. The summed E-state index contributed by atoms with van der Waals surface area (Å²) in [7, 11) is 1.40. The maximum Gasteiger partial charge on any atom is 0.416 e. The number of nitrogens with zero attached hydrogens (tertiary/aromatic N) is 3. The van der Waals surface area contributed by atoms with Crippen molar-refractivity contribution in [2.24, 2.45) is 0 Å². The minimum absolute atomic E-state index is 0.0131. The Labute approximate surface area is 159 Å². The molecule has 1 amide bonds. The minimum Gasteiger partial charge on any atom is -0.340 e. The van der Waals surface area contributed by atoms with E-state index in [1.165, 1.54) is 25.2 Å². The number of fused-ring (bicyclic) bond motifs is 1. The highest BCUT2D eigenvalue weighted by atomic mass is 19.4. The number of hydrogen-bond acceptors (Lipinski definition) is 3. The van der Waals surface area contributed by atoms with Crippen LogP contribution in [0.25, 0.3) is 10.8 Å². The normalized spacial score (nSPS) is 11.6. The van der Waals surface area contributed by atoms with E-state index in [1.807, 2.05) is 0 Å². The maximum absolute atomic E-state index is 13.1.